The van der Waals surface area contributed by atoms with Crippen LogP contribution in [0.5, 0.6) is 0 Å². The molecule has 20 heavy (non-hydrogen) atoms. The van der Waals surface area contributed by atoms with Gasteiger partial charge in [0, 0.05) is 6.20 Å². The standard InChI is InChI=1S/C13H14N4O2S/c1-10(13-4-2-3-9-15-13)16-17-11-5-7-12(8-6-11)20(14,18)19/h2-9,17H,1H3,(H2,14,18,19). The van der Waals surface area contributed by atoms with Crippen LogP contribution in [0.15, 0.2) is 58.7 Å². The van der Waals surface area contributed by atoms with Crippen molar-refractivity contribution in [2.24, 2.45) is 10.2 Å². The Balaban J connectivity index is 2.12. The van der Waals surface area contributed by atoms with Crippen LogP contribution in [0.1, 0.15) is 12.6 Å². The van der Waals surface area contributed by atoms with Crippen molar-refractivity contribution in [3.63, 3.8) is 0 Å². The van der Waals surface area contributed by atoms with E-state index in [0.29, 0.717) is 5.69 Å². The second kappa shape index (κ2) is 5.81. The summed E-state index contributed by atoms with van der Waals surface area (Å²) >= 11 is 0. The van der Waals surface area contributed by atoms with E-state index in [0.717, 1.165) is 11.4 Å². The lowest BCUT2D eigenvalue weighted by Gasteiger charge is -2.04. The van der Waals surface area contributed by atoms with Crippen molar-refractivity contribution in [1.29, 1.82) is 0 Å². The summed E-state index contributed by atoms with van der Waals surface area (Å²) in [6, 6.07) is 11.6. The van der Waals surface area contributed by atoms with Crippen molar-refractivity contribution in [3.05, 3.63) is 54.4 Å². The number of primary sulfonamides is 1. The molecule has 0 bridgehead atoms. The van der Waals surface area contributed by atoms with Crippen LogP contribution in [0, 0.1) is 0 Å². The van der Waals surface area contributed by atoms with Gasteiger partial charge in [-0.1, -0.05) is 6.07 Å². The van der Waals surface area contributed by atoms with Crippen LogP contribution in [0.2, 0.25) is 0 Å². The normalized spacial score (nSPS) is 12.2. The van der Waals surface area contributed by atoms with Gasteiger partial charge in [0.05, 0.1) is 22.0 Å². The molecule has 0 aliphatic carbocycles. The van der Waals surface area contributed by atoms with Crippen LogP contribution in [-0.2, 0) is 10.0 Å². The van der Waals surface area contributed by atoms with Gasteiger partial charge in [0.25, 0.3) is 0 Å². The average Bonchev–Trinajstić information content (AvgIpc) is 2.45. The number of aromatic nitrogens is 1. The Hall–Kier alpha value is -2.25. The van der Waals surface area contributed by atoms with Gasteiger partial charge in [-0.2, -0.15) is 5.10 Å². The SMILES string of the molecule is CC(=NNc1ccc(S(N)(=O)=O)cc1)c1ccccn1. The molecule has 0 saturated carbocycles. The molecule has 0 fully saturated rings. The topological polar surface area (TPSA) is 97.4 Å². The summed E-state index contributed by atoms with van der Waals surface area (Å²) < 4.78 is 22.2. The largest absolute Gasteiger partial charge is 0.278 e. The first-order valence-corrected chi connectivity index (χ1v) is 7.36. The number of sulfonamides is 1. The highest BCUT2D eigenvalue weighted by Gasteiger charge is 2.06. The summed E-state index contributed by atoms with van der Waals surface area (Å²) in [4.78, 5) is 4.23. The molecule has 7 heteroatoms. The van der Waals surface area contributed by atoms with Gasteiger partial charge in [0.2, 0.25) is 10.0 Å². The summed E-state index contributed by atoms with van der Waals surface area (Å²) in [6.45, 7) is 1.83. The molecule has 0 spiro atoms. The summed E-state index contributed by atoms with van der Waals surface area (Å²) in [7, 11) is -3.67. The third kappa shape index (κ3) is 3.62. The van der Waals surface area contributed by atoms with Gasteiger partial charge in [-0.15, -0.1) is 0 Å². The molecule has 0 radical (unpaired) electrons. The van der Waals surface area contributed by atoms with Crippen LogP contribution >= 0.6 is 0 Å². The van der Waals surface area contributed by atoms with Crippen LogP contribution in [-0.4, -0.2) is 19.1 Å². The van der Waals surface area contributed by atoms with Gasteiger partial charge in [-0.3, -0.25) is 10.4 Å². The lowest BCUT2D eigenvalue weighted by Crippen LogP contribution is -2.11. The smallest absolute Gasteiger partial charge is 0.238 e. The Morgan fingerprint density at radius 1 is 1.20 bits per heavy atom. The molecule has 0 aliphatic rings. The predicted octanol–water partition coefficient (Wildman–Crippen LogP) is 1.57. The highest BCUT2D eigenvalue weighted by atomic mass is 32.2. The zero-order valence-corrected chi connectivity index (χ0v) is 11.6. The maximum atomic E-state index is 11.1. The summed E-state index contributed by atoms with van der Waals surface area (Å²) in [5, 5.41) is 9.20. The lowest BCUT2D eigenvalue weighted by molar-refractivity contribution is 0.598. The minimum absolute atomic E-state index is 0.0634. The molecule has 6 nitrogen and oxygen atoms in total. The molecule has 0 amide bonds. The summed E-state index contributed by atoms with van der Waals surface area (Å²) in [5.41, 5.74) is 4.98. The first-order chi connectivity index (χ1) is 9.47. The number of nitrogens with zero attached hydrogens (tertiary/aromatic N) is 2. The predicted molar refractivity (Wildman–Crippen MR) is 77.9 cm³/mol. The second-order valence-corrected chi connectivity index (χ2v) is 5.65. The fourth-order valence-electron chi connectivity index (χ4n) is 1.50. The molecular formula is C13H14N4O2S. The highest BCUT2D eigenvalue weighted by molar-refractivity contribution is 7.89. The van der Waals surface area contributed by atoms with Gasteiger partial charge in [-0.25, -0.2) is 13.6 Å². The van der Waals surface area contributed by atoms with E-state index in [-0.39, 0.29) is 4.90 Å². The Labute approximate surface area is 117 Å². The van der Waals surface area contributed by atoms with E-state index in [2.05, 4.69) is 15.5 Å². The number of rotatable bonds is 4. The molecular weight excluding hydrogens is 276 g/mol. The number of hydrogen-bond donors (Lipinski definition) is 2. The molecule has 1 aromatic carbocycles. The van der Waals surface area contributed by atoms with Gasteiger partial charge in [-0.05, 0) is 43.3 Å². The maximum Gasteiger partial charge on any atom is 0.238 e. The van der Waals surface area contributed by atoms with E-state index in [1.54, 1.807) is 18.3 Å². The minimum Gasteiger partial charge on any atom is -0.278 e. The monoisotopic (exact) mass is 290 g/mol. The van der Waals surface area contributed by atoms with Crippen molar-refractivity contribution >= 4 is 21.4 Å². The minimum atomic E-state index is -3.67. The first kappa shape index (κ1) is 14.2. The number of anilines is 1. The number of benzene rings is 1. The van der Waals surface area contributed by atoms with E-state index in [1.165, 1.54) is 12.1 Å². The fraction of sp³-hybridized carbons (Fsp3) is 0.0769. The molecule has 1 heterocycles. The molecule has 0 atom stereocenters. The molecule has 0 unspecified atom stereocenters. The van der Waals surface area contributed by atoms with E-state index in [4.69, 9.17) is 5.14 Å². The van der Waals surface area contributed by atoms with Crippen molar-refractivity contribution in [2.45, 2.75) is 11.8 Å². The second-order valence-electron chi connectivity index (χ2n) is 4.09. The third-order valence-electron chi connectivity index (χ3n) is 2.57. The number of pyridine rings is 1. The van der Waals surface area contributed by atoms with Crippen LogP contribution in [0.4, 0.5) is 5.69 Å². The fourth-order valence-corrected chi connectivity index (χ4v) is 2.02. The maximum absolute atomic E-state index is 11.1. The average molecular weight is 290 g/mol. The van der Waals surface area contributed by atoms with Crippen molar-refractivity contribution in [1.82, 2.24) is 4.98 Å². The van der Waals surface area contributed by atoms with Crippen molar-refractivity contribution in [3.8, 4) is 0 Å². The Morgan fingerprint density at radius 2 is 1.90 bits per heavy atom. The third-order valence-corrected chi connectivity index (χ3v) is 3.50. The molecule has 0 aliphatic heterocycles. The molecule has 0 saturated heterocycles. The van der Waals surface area contributed by atoms with Crippen LogP contribution in [0.25, 0.3) is 0 Å². The van der Waals surface area contributed by atoms with E-state index in [9.17, 15) is 8.42 Å². The van der Waals surface area contributed by atoms with Crippen LogP contribution in [0.3, 0.4) is 0 Å². The molecule has 3 N–H and O–H groups in total. The van der Waals surface area contributed by atoms with Crippen LogP contribution < -0.4 is 10.6 Å². The summed E-state index contributed by atoms with van der Waals surface area (Å²) in [6.07, 6.45) is 1.69. The quantitative estimate of drug-likeness (QED) is 0.659. The van der Waals surface area contributed by atoms with E-state index >= 15 is 0 Å². The van der Waals surface area contributed by atoms with Crippen molar-refractivity contribution < 1.29 is 8.42 Å². The number of hydrogen-bond acceptors (Lipinski definition) is 5. The van der Waals surface area contributed by atoms with E-state index in [1.807, 2.05) is 25.1 Å². The van der Waals surface area contributed by atoms with Gasteiger partial charge in [0.15, 0.2) is 0 Å². The highest BCUT2D eigenvalue weighted by Crippen LogP contribution is 2.12. The molecule has 2 rings (SSSR count). The molecule has 1 aromatic heterocycles. The number of nitrogens with two attached hydrogens (primary N) is 1. The van der Waals surface area contributed by atoms with Gasteiger partial charge < -0.3 is 0 Å². The van der Waals surface area contributed by atoms with Crippen molar-refractivity contribution in [2.75, 3.05) is 5.43 Å². The summed E-state index contributed by atoms with van der Waals surface area (Å²) in [5.74, 6) is 0. The Kier molecular flexibility index (Phi) is 4.11. The zero-order chi connectivity index (χ0) is 14.6. The number of nitrogens with one attached hydrogen (secondary N) is 1. The van der Waals surface area contributed by atoms with Gasteiger partial charge in [0.1, 0.15) is 0 Å². The Bertz CT molecular complexity index is 710. The zero-order valence-electron chi connectivity index (χ0n) is 10.8. The number of hydrazone groups is 1. The Morgan fingerprint density at radius 3 is 2.45 bits per heavy atom. The molecule has 104 valence electrons. The molecule has 2 aromatic rings. The first-order valence-electron chi connectivity index (χ1n) is 5.81. The lowest BCUT2D eigenvalue weighted by atomic mass is 10.3. The van der Waals surface area contributed by atoms with Gasteiger partial charge >= 0.3 is 0 Å². The van der Waals surface area contributed by atoms with E-state index < -0.39 is 10.0 Å².